The van der Waals surface area contributed by atoms with E-state index in [-0.39, 0.29) is 24.3 Å². The third kappa shape index (κ3) is 6.09. The first-order valence-electron chi connectivity index (χ1n) is 12.5. The molecule has 1 N–H and O–H groups in total. The fourth-order valence-corrected chi connectivity index (χ4v) is 5.63. The lowest BCUT2D eigenvalue weighted by Crippen LogP contribution is -2.45. The number of aromatic nitrogens is 3. The molecule has 3 heterocycles. The van der Waals surface area contributed by atoms with Crippen molar-refractivity contribution in [2.45, 2.75) is 36.0 Å². The molecule has 0 bridgehead atoms. The minimum atomic E-state index is -4.49. The number of alkyl halides is 3. The number of hydrogen-bond acceptors (Lipinski definition) is 6. The van der Waals surface area contributed by atoms with Crippen LogP contribution in [0.5, 0.6) is 0 Å². The van der Waals surface area contributed by atoms with Crippen LogP contribution in [0, 0.1) is 0 Å². The number of benzene rings is 2. The molecular weight excluding hydrogens is 511 g/mol. The molecular formula is C28H28F3N5OS. The molecule has 0 amide bonds. The topological polar surface area (TPSA) is 65.1 Å². The lowest BCUT2D eigenvalue weighted by molar-refractivity contribution is -0.138. The number of piperazine rings is 1. The van der Waals surface area contributed by atoms with Gasteiger partial charge < -0.3 is 9.88 Å². The fraction of sp³-hybridized carbons (Fsp3) is 0.321. The van der Waals surface area contributed by atoms with Crippen LogP contribution in [0.4, 0.5) is 13.2 Å². The molecule has 6 nitrogen and oxygen atoms in total. The smallest absolute Gasteiger partial charge is 0.346 e. The van der Waals surface area contributed by atoms with Crippen LogP contribution < -0.4 is 0 Å². The van der Waals surface area contributed by atoms with Gasteiger partial charge in [0.1, 0.15) is 17.0 Å². The predicted molar refractivity (Wildman–Crippen MR) is 141 cm³/mol. The van der Waals surface area contributed by atoms with Gasteiger partial charge in [-0.1, -0.05) is 43.0 Å². The van der Waals surface area contributed by atoms with Crippen molar-refractivity contribution in [3.05, 3.63) is 83.3 Å². The van der Waals surface area contributed by atoms with E-state index in [1.54, 1.807) is 30.5 Å². The van der Waals surface area contributed by atoms with E-state index in [9.17, 15) is 18.0 Å². The quantitative estimate of drug-likeness (QED) is 0.229. The number of rotatable bonds is 8. The summed E-state index contributed by atoms with van der Waals surface area (Å²) in [5, 5.41) is 1.63. The Labute approximate surface area is 223 Å². The zero-order chi connectivity index (χ0) is 26.7. The zero-order valence-electron chi connectivity index (χ0n) is 21.0. The molecule has 2 aromatic heterocycles. The van der Waals surface area contributed by atoms with Gasteiger partial charge in [-0.25, -0.2) is 9.97 Å². The van der Waals surface area contributed by atoms with Crippen molar-refractivity contribution in [1.29, 1.82) is 0 Å². The summed E-state index contributed by atoms with van der Waals surface area (Å²) in [5.74, 6) is -0.238. The highest BCUT2D eigenvalue weighted by atomic mass is 32.2. The maximum absolute atomic E-state index is 14.0. The van der Waals surface area contributed by atoms with E-state index in [2.05, 4.69) is 31.7 Å². The molecule has 1 fully saturated rings. The average Bonchev–Trinajstić information content (AvgIpc) is 3.40. The van der Waals surface area contributed by atoms with Gasteiger partial charge in [-0.05, 0) is 41.9 Å². The minimum Gasteiger partial charge on any atom is -0.346 e. The van der Waals surface area contributed by atoms with Crippen molar-refractivity contribution in [3.8, 4) is 0 Å². The number of Topliss-reactive ketones (excluding diaryl/α,β-unsaturated/α-hetero) is 1. The summed E-state index contributed by atoms with van der Waals surface area (Å²) in [6, 6.07) is 13.3. The second kappa shape index (κ2) is 11.3. The fourth-order valence-electron chi connectivity index (χ4n) is 4.70. The van der Waals surface area contributed by atoms with Crippen molar-refractivity contribution in [2.24, 2.45) is 0 Å². The molecule has 1 aliphatic heterocycles. The van der Waals surface area contributed by atoms with Crippen LogP contribution in [0.25, 0.3) is 11.0 Å². The number of hydrogen-bond donors (Lipinski definition) is 1. The number of H-pyrrole nitrogens is 1. The maximum atomic E-state index is 14.0. The molecule has 0 unspecified atom stereocenters. The van der Waals surface area contributed by atoms with Crippen LogP contribution in [0.2, 0.25) is 0 Å². The summed E-state index contributed by atoms with van der Waals surface area (Å²) in [6.07, 6.45) is -1.33. The SMILES string of the molecule is CCN1CCN(Cc2ccc(CC(=O)c3cccc(Sc4ncnc5[nH]ccc45)c3)cc2C(F)(F)F)CC1. The van der Waals surface area contributed by atoms with Gasteiger partial charge in [0.15, 0.2) is 5.78 Å². The van der Waals surface area contributed by atoms with Crippen molar-refractivity contribution >= 4 is 28.6 Å². The second-order valence-electron chi connectivity index (χ2n) is 9.35. The van der Waals surface area contributed by atoms with E-state index >= 15 is 0 Å². The maximum Gasteiger partial charge on any atom is 0.416 e. The van der Waals surface area contributed by atoms with Gasteiger partial charge >= 0.3 is 6.18 Å². The highest BCUT2D eigenvalue weighted by Gasteiger charge is 2.34. The van der Waals surface area contributed by atoms with Crippen molar-refractivity contribution in [1.82, 2.24) is 24.8 Å². The van der Waals surface area contributed by atoms with E-state index in [1.807, 2.05) is 12.1 Å². The first-order chi connectivity index (χ1) is 18.3. The molecule has 0 spiro atoms. The van der Waals surface area contributed by atoms with Crippen molar-refractivity contribution in [2.75, 3.05) is 32.7 Å². The summed E-state index contributed by atoms with van der Waals surface area (Å²) >= 11 is 1.41. The third-order valence-electron chi connectivity index (χ3n) is 6.84. The van der Waals surface area contributed by atoms with Crippen molar-refractivity contribution in [3.63, 3.8) is 0 Å². The molecule has 0 saturated carbocycles. The van der Waals surface area contributed by atoms with Crippen LogP contribution in [-0.2, 0) is 19.1 Å². The van der Waals surface area contributed by atoms with E-state index in [0.29, 0.717) is 11.1 Å². The number of nitrogens with zero attached hydrogens (tertiary/aromatic N) is 4. The van der Waals surface area contributed by atoms with Gasteiger partial charge in [-0.15, -0.1) is 0 Å². The average molecular weight is 540 g/mol. The summed E-state index contributed by atoms with van der Waals surface area (Å²) in [4.78, 5) is 29.8. The van der Waals surface area contributed by atoms with E-state index in [4.69, 9.17) is 0 Å². The number of aromatic amines is 1. The predicted octanol–water partition coefficient (Wildman–Crippen LogP) is 5.69. The monoisotopic (exact) mass is 539 g/mol. The zero-order valence-corrected chi connectivity index (χ0v) is 21.8. The van der Waals surface area contributed by atoms with Gasteiger partial charge in [0.2, 0.25) is 0 Å². The standard InChI is InChI=1S/C28H28F3N5OS/c1-2-35-10-12-36(13-11-35)17-21-7-6-19(14-24(21)28(29,30)31)15-25(37)20-4-3-5-22(16-20)38-27-23-8-9-32-26(23)33-18-34-27/h3-9,14,16,18H,2,10-13,15,17H2,1H3,(H,32,33,34). The van der Waals surface area contributed by atoms with Crippen LogP contribution >= 0.6 is 11.8 Å². The number of halogens is 3. The highest BCUT2D eigenvalue weighted by Crippen LogP contribution is 2.34. The Bertz CT molecular complexity index is 1430. The Morgan fingerprint density at radius 2 is 1.82 bits per heavy atom. The molecule has 1 aliphatic rings. The molecule has 1 saturated heterocycles. The lowest BCUT2D eigenvalue weighted by atomic mass is 9.97. The molecule has 0 aliphatic carbocycles. The van der Waals surface area contributed by atoms with E-state index in [1.165, 1.54) is 24.2 Å². The number of likely N-dealkylation sites (N-methyl/N-ethyl adjacent to an activating group) is 1. The first kappa shape index (κ1) is 26.4. The number of carbonyl (C=O) groups is 1. The number of nitrogens with one attached hydrogen (secondary N) is 1. The summed E-state index contributed by atoms with van der Waals surface area (Å²) in [5.41, 5.74) is 1.11. The summed E-state index contributed by atoms with van der Waals surface area (Å²) in [6.45, 7) is 6.48. The van der Waals surface area contributed by atoms with Crippen molar-refractivity contribution < 1.29 is 18.0 Å². The molecule has 10 heteroatoms. The number of fused-ring (bicyclic) bond motifs is 1. The summed E-state index contributed by atoms with van der Waals surface area (Å²) < 4.78 is 41.9. The molecule has 38 heavy (non-hydrogen) atoms. The van der Waals surface area contributed by atoms with Gasteiger partial charge in [0.25, 0.3) is 0 Å². The van der Waals surface area contributed by atoms with Crippen LogP contribution in [-0.4, -0.2) is 63.3 Å². The van der Waals surface area contributed by atoms with Gasteiger partial charge in [0, 0.05) is 55.8 Å². The Morgan fingerprint density at radius 1 is 1.03 bits per heavy atom. The van der Waals surface area contributed by atoms with Crippen LogP contribution in [0.1, 0.15) is 34.0 Å². The molecule has 4 aromatic rings. The Kier molecular flexibility index (Phi) is 7.83. The number of ketones is 1. The molecule has 0 radical (unpaired) electrons. The normalized spacial score (nSPS) is 15.3. The summed E-state index contributed by atoms with van der Waals surface area (Å²) in [7, 11) is 0. The Morgan fingerprint density at radius 3 is 2.58 bits per heavy atom. The minimum absolute atomic E-state index is 0.109. The van der Waals surface area contributed by atoms with Gasteiger partial charge in [0.05, 0.1) is 10.9 Å². The largest absolute Gasteiger partial charge is 0.416 e. The van der Waals surface area contributed by atoms with E-state index < -0.39 is 11.7 Å². The van der Waals surface area contributed by atoms with Crippen LogP contribution in [0.15, 0.2) is 71.0 Å². The van der Waals surface area contributed by atoms with Crippen LogP contribution in [0.3, 0.4) is 0 Å². The van der Waals surface area contributed by atoms with Gasteiger partial charge in [-0.2, -0.15) is 13.2 Å². The van der Waals surface area contributed by atoms with Gasteiger partial charge in [-0.3, -0.25) is 9.69 Å². The Hall–Kier alpha value is -3.21. The molecule has 5 rings (SSSR count). The third-order valence-corrected chi connectivity index (χ3v) is 7.85. The number of carbonyl (C=O) groups excluding carboxylic acids is 1. The lowest BCUT2D eigenvalue weighted by Gasteiger charge is -2.34. The molecule has 2 aromatic carbocycles. The second-order valence-corrected chi connectivity index (χ2v) is 10.4. The first-order valence-corrected chi connectivity index (χ1v) is 13.3. The molecule has 0 atom stereocenters. The molecule has 198 valence electrons. The Balaban J connectivity index is 1.31. The van der Waals surface area contributed by atoms with E-state index in [0.717, 1.165) is 59.7 Å². The highest BCUT2D eigenvalue weighted by molar-refractivity contribution is 7.99.